The second-order valence-electron chi connectivity index (χ2n) is 3.54. The van der Waals surface area contributed by atoms with Crippen LogP contribution in [0.25, 0.3) is 0 Å². The molecule has 0 aliphatic rings. The van der Waals surface area contributed by atoms with Gasteiger partial charge in [0.15, 0.2) is 0 Å². The number of ketones is 1. The van der Waals surface area contributed by atoms with Crippen molar-refractivity contribution in [1.29, 1.82) is 0 Å². The summed E-state index contributed by atoms with van der Waals surface area (Å²) in [6.45, 7) is 8.08. The minimum absolute atomic E-state index is 0.311. The van der Waals surface area contributed by atoms with Crippen LogP contribution < -0.4 is 0 Å². The molecule has 0 aromatic carbocycles. The van der Waals surface area contributed by atoms with Gasteiger partial charge in [-0.15, -0.1) is 0 Å². The van der Waals surface area contributed by atoms with Gasteiger partial charge in [-0.3, -0.25) is 0 Å². The van der Waals surface area contributed by atoms with Crippen LogP contribution in [0.3, 0.4) is 0 Å². The summed E-state index contributed by atoms with van der Waals surface area (Å²) in [5, 5.41) is 0. The molecule has 0 saturated carbocycles. The van der Waals surface area contributed by atoms with Crippen molar-refractivity contribution in [3.8, 4) is 0 Å². The summed E-state index contributed by atoms with van der Waals surface area (Å²) < 4.78 is 0. The maximum Gasteiger partial charge on any atom is 0.130 e. The molecular formula is C10H21NO. The van der Waals surface area contributed by atoms with Crippen LogP contribution in [-0.2, 0) is 4.79 Å². The van der Waals surface area contributed by atoms with Gasteiger partial charge >= 0.3 is 0 Å². The third-order valence-corrected chi connectivity index (χ3v) is 2.26. The minimum Gasteiger partial charge on any atom is -0.306 e. The fraction of sp³-hybridized carbons (Fsp3) is 0.900. The van der Waals surface area contributed by atoms with E-state index >= 15 is 0 Å². The Labute approximate surface area is 75.9 Å². The van der Waals surface area contributed by atoms with E-state index in [-0.39, 0.29) is 0 Å². The quantitative estimate of drug-likeness (QED) is 0.608. The first kappa shape index (κ1) is 11.6. The average molecular weight is 171 g/mol. The van der Waals surface area contributed by atoms with Gasteiger partial charge in [0.1, 0.15) is 5.78 Å². The van der Waals surface area contributed by atoms with E-state index in [2.05, 4.69) is 25.8 Å². The normalized spacial score (nSPS) is 13.4. The molecule has 2 nitrogen and oxygen atoms in total. The Balaban J connectivity index is 3.74. The number of Topliss-reactive ketones (excluding diaryl/α,β-unsaturated/α-hetero) is 1. The van der Waals surface area contributed by atoms with E-state index in [0.29, 0.717) is 11.7 Å². The first-order chi connectivity index (χ1) is 5.60. The number of carbonyl (C=O) groups excluding carboxylic acids is 1. The van der Waals surface area contributed by atoms with Crippen molar-refractivity contribution in [2.45, 2.75) is 33.6 Å². The highest BCUT2D eigenvalue weighted by Crippen LogP contribution is 2.09. The summed E-state index contributed by atoms with van der Waals surface area (Å²) in [7, 11) is 2.10. The largest absolute Gasteiger partial charge is 0.306 e. The van der Waals surface area contributed by atoms with Crippen molar-refractivity contribution in [2.24, 2.45) is 5.92 Å². The Morgan fingerprint density at radius 3 is 2.33 bits per heavy atom. The van der Waals surface area contributed by atoms with E-state index in [4.69, 9.17) is 0 Å². The highest BCUT2D eigenvalue weighted by Gasteiger charge is 2.10. The third kappa shape index (κ3) is 5.30. The number of carbonyl (C=O) groups is 1. The van der Waals surface area contributed by atoms with Gasteiger partial charge in [0.25, 0.3) is 0 Å². The van der Waals surface area contributed by atoms with Gasteiger partial charge in [-0.25, -0.2) is 0 Å². The fourth-order valence-electron chi connectivity index (χ4n) is 1.31. The molecule has 0 bridgehead atoms. The summed E-state index contributed by atoms with van der Waals surface area (Å²) in [6.07, 6.45) is 1.84. The van der Waals surface area contributed by atoms with Crippen LogP contribution in [0.4, 0.5) is 0 Å². The lowest BCUT2D eigenvalue weighted by molar-refractivity contribution is -0.118. The smallest absolute Gasteiger partial charge is 0.130 e. The first-order valence-corrected chi connectivity index (χ1v) is 4.78. The standard InChI is InChI=1S/C10H21NO/c1-5-10(7-9(3)12)8-11(4)6-2/h10H,5-8H2,1-4H3. The Morgan fingerprint density at radius 2 is 2.00 bits per heavy atom. The molecule has 0 aromatic rings. The number of hydrogen-bond donors (Lipinski definition) is 0. The molecule has 0 fully saturated rings. The molecule has 0 saturated heterocycles. The second-order valence-corrected chi connectivity index (χ2v) is 3.54. The summed E-state index contributed by atoms with van der Waals surface area (Å²) in [6, 6.07) is 0. The average Bonchev–Trinajstić information content (AvgIpc) is 2.02. The van der Waals surface area contributed by atoms with Crippen LogP contribution in [-0.4, -0.2) is 30.8 Å². The molecule has 0 rings (SSSR count). The van der Waals surface area contributed by atoms with Gasteiger partial charge in [-0.05, 0) is 26.4 Å². The molecular weight excluding hydrogens is 150 g/mol. The summed E-state index contributed by atoms with van der Waals surface area (Å²) in [4.78, 5) is 13.1. The molecule has 0 aromatic heterocycles. The molecule has 1 atom stereocenters. The monoisotopic (exact) mass is 171 g/mol. The van der Waals surface area contributed by atoms with Crippen molar-refractivity contribution in [1.82, 2.24) is 4.90 Å². The van der Waals surface area contributed by atoms with E-state index < -0.39 is 0 Å². The lowest BCUT2D eigenvalue weighted by Crippen LogP contribution is -2.26. The van der Waals surface area contributed by atoms with Crippen LogP contribution in [0.1, 0.15) is 33.6 Å². The molecule has 2 heteroatoms. The van der Waals surface area contributed by atoms with Crippen molar-refractivity contribution >= 4 is 5.78 Å². The van der Waals surface area contributed by atoms with Gasteiger partial charge in [0.05, 0.1) is 0 Å². The van der Waals surface area contributed by atoms with Crippen molar-refractivity contribution < 1.29 is 4.79 Å². The molecule has 0 radical (unpaired) electrons. The minimum atomic E-state index is 0.311. The molecule has 0 spiro atoms. The molecule has 0 aliphatic heterocycles. The topological polar surface area (TPSA) is 20.3 Å². The molecule has 0 N–H and O–H groups in total. The lowest BCUT2D eigenvalue weighted by Gasteiger charge is -2.20. The van der Waals surface area contributed by atoms with E-state index in [1.54, 1.807) is 6.92 Å². The highest BCUT2D eigenvalue weighted by molar-refractivity contribution is 5.75. The number of hydrogen-bond acceptors (Lipinski definition) is 2. The second kappa shape index (κ2) is 6.18. The van der Waals surface area contributed by atoms with Crippen LogP contribution in [0.15, 0.2) is 0 Å². The Morgan fingerprint density at radius 1 is 1.42 bits per heavy atom. The summed E-state index contributed by atoms with van der Waals surface area (Å²) in [5.41, 5.74) is 0. The van der Waals surface area contributed by atoms with Crippen LogP contribution in [0.2, 0.25) is 0 Å². The molecule has 0 heterocycles. The van der Waals surface area contributed by atoms with Gasteiger partial charge in [-0.2, -0.15) is 0 Å². The van der Waals surface area contributed by atoms with Gasteiger partial charge < -0.3 is 9.69 Å². The Hall–Kier alpha value is -0.370. The zero-order chi connectivity index (χ0) is 9.56. The third-order valence-electron chi connectivity index (χ3n) is 2.26. The van der Waals surface area contributed by atoms with Crippen LogP contribution in [0.5, 0.6) is 0 Å². The van der Waals surface area contributed by atoms with E-state index in [9.17, 15) is 4.79 Å². The van der Waals surface area contributed by atoms with Gasteiger partial charge in [0, 0.05) is 13.0 Å². The molecule has 0 aliphatic carbocycles. The fourth-order valence-corrected chi connectivity index (χ4v) is 1.31. The molecule has 12 heavy (non-hydrogen) atoms. The predicted molar refractivity (Wildman–Crippen MR) is 52.3 cm³/mol. The van der Waals surface area contributed by atoms with Gasteiger partial charge in [0.2, 0.25) is 0 Å². The maximum atomic E-state index is 10.9. The number of rotatable bonds is 6. The Bertz CT molecular complexity index is 134. The van der Waals surface area contributed by atoms with Crippen LogP contribution in [0, 0.1) is 5.92 Å². The van der Waals surface area contributed by atoms with E-state index in [1.807, 2.05) is 0 Å². The zero-order valence-corrected chi connectivity index (χ0v) is 8.76. The van der Waals surface area contributed by atoms with Crippen molar-refractivity contribution in [2.75, 3.05) is 20.1 Å². The van der Waals surface area contributed by atoms with E-state index in [0.717, 1.165) is 25.9 Å². The summed E-state index contributed by atoms with van der Waals surface area (Å²) in [5.74, 6) is 0.860. The predicted octanol–water partition coefficient (Wildman–Crippen LogP) is 1.94. The van der Waals surface area contributed by atoms with Crippen molar-refractivity contribution in [3.63, 3.8) is 0 Å². The van der Waals surface area contributed by atoms with Crippen LogP contribution >= 0.6 is 0 Å². The molecule has 1 unspecified atom stereocenters. The number of nitrogens with zero attached hydrogens (tertiary/aromatic N) is 1. The first-order valence-electron chi connectivity index (χ1n) is 4.78. The lowest BCUT2D eigenvalue weighted by atomic mass is 10.00. The van der Waals surface area contributed by atoms with Gasteiger partial charge in [-0.1, -0.05) is 20.3 Å². The molecule has 72 valence electrons. The SMILES string of the molecule is CCC(CC(C)=O)CN(C)CC. The Kier molecular flexibility index (Phi) is 5.99. The highest BCUT2D eigenvalue weighted by atomic mass is 16.1. The summed E-state index contributed by atoms with van der Waals surface area (Å²) >= 11 is 0. The molecule has 0 amide bonds. The zero-order valence-electron chi connectivity index (χ0n) is 8.76. The van der Waals surface area contributed by atoms with Crippen molar-refractivity contribution in [3.05, 3.63) is 0 Å². The maximum absolute atomic E-state index is 10.9. The van der Waals surface area contributed by atoms with E-state index in [1.165, 1.54) is 0 Å².